The number of fused-ring (bicyclic) bond motifs is 2. The Hall–Kier alpha value is -2.52. The van der Waals surface area contributed by atoms with E-state index in [0.717, 1.165) is 43.8 Å². The fourth-order valence-corrected chi connectivity index (χ4v) is 4.19. The van der Waals surface area contributed by atoms with E-state index in [9.17, 15) is 9.90 Å². The van der Waals surface area contributed by atoms with Crippen molar-refractivity contribution in [3.8, 4) is 21.8 Å². The van der Waals surface area contributed by atoms with E-state index < -0.39 is 5.97 Å². The normalized spacial score (nSPS) is 10.8. The number of nitrogens with zero attached hydrogens (tertiary/aromatic N) is 2. The zero-order chi connectivity index (χ0) is 20.0. The number of carbonyl (C=O) groups excluding carboxylic acids is 1. The molecule has 1 aromatic heterocycles. The average Bonchev–Trinajstić information content (AvgIpc) is 3.15. The third-order valence-corrected chi connectivity index (χ3v) is 5.86. The maximum absolute atomic E-state index is 11.3. The molecule has 4 rings (SSSR count). The second-order valence-corrected chi connectivity index (χ2v) is 8.16. The number of rotatable bonds is 3. The van der Waals surface area contributed by atoms with Crippen molar-refractivity contribution in [1.29, 1.82) is 0 Å². The van der Waals surface area contributed by atoms with Gasteiger partial charge in [0.2, 0.25) is 5.36 Å². The predicted octanol–water partition coefficient (Wildman–Crippen LogP) is -0.269. The van der Waals surface area contributed by atoms with E-state index in [1.54, 1.807) is 6.07 Å². The molecule has 0 bridgehead atoms. The van der Waals surface area contributed by atoms with Gasteiger partial charge in [0.1, 0.15) is 25.4 Å². The van der Waals surface area contributed by atoms with Gasteiger partial charge in [-0.25, -0.2) is 4.58 Å². The number of carboxylic acids is 1. The summed E-state index contributed by atoms with van der Waals surface area (Å²) in [4.78, 5) is 14.4. The standard InChI is InChI=1S/C22H20N2O3S.Li/c1-23(2)13-5-7-15-17(11-13)27-18-12-14(24(3)4)6-8-16(18)21(15)19-9-10-20(28-19)22(25)26;/h5-12H,1-4H3;/q;+1. The molecule has 0 fully saturated rings. The number of aromatic carboxylic acids is 1. The molecule has 1 aliphatic carbocycles. The quantitative estimate of drug-likeness (QED) is 0.270. The first-order valence-corrected chi connectivity index (χ1v) is 9.66. The third kappa shape index (κ3) is 3.84. The summed E-state index contributed by atoms with van der Waals surface area (Å²) in [5, 5.41) is 13.3. The van der Waals surface area contributed by atoms with Gasteiger partial charge in [-0.2, -0.15) is 0 Å². The van der Waals surface area contributed by atoms with E-state index in [-0.39, 0.29) is 23.7 Å². The van der Waals surface area contributed by atoms with Crippen LogP contribution in [0.3, 0.4) is 0 Å². The summed E-state index contributed by atoms with van der Waals surface area (Å²) < 4.78 is 8.29. The maximum Gasteiger partial charge on any atom is 1.00 e. The fourth-order valence-electron chi connectivity index (χ4n) is 3.27. The SMILES string of the molecule is CN(C)c1ccc2c(-c3ccc(C(=O)[O-])s3)c3ccc(=[N+](C)C)cc-3oc2c1.[Li+]. The van der Waals surface area contributed by atoms with Gasteiger partial charge < -0.3 is 19.2 Å². The third-order valence-electron chi connectivity index (χ3n) is 4.78. The Morgan fingerprint density at radius 1 is 1.07 bits per heavy atom. The number of carboxylic acid groups (broad SMARTS) is 1. The minimum atomic E-state index is -1.16. The summed E-state index contributed by atoms with van der Waals surface area (Å²) in [5.41, 5.74) is 3.71. The van der Waals surface area contributed by atoms with Gasteiger partial charge in [-0.1, -0.05) is 0 Å². The molecular weight excluding hydrogens is 379 g/mol. The Balaban J connectivity index is 0.00000240. The first-order valence-electron chi connectivity index (χ1n) is 8.85. The van der Waals surface area contributed by atoms with E-state index in [0.29, 0.717) is 0 Å². The Labute approximate surface area is 185 Å². The topological polar surface area (TPSA) is 59.5 Å². The second-order valence-electron chi connectivity index (χ2n) is 7.08. The number of hydrogen-bond acceptors (Lipinski definition) is 5. The summed E-state index contributed by atoms with van der Waals surface area (Å²) in [5.74, 6) is -0.400. The van der Waals surface area contributed by atoms with Crippen molar-refractivity contribution < 1.29 is 33.2 Å². The molecule has 0 amide bonds. The van der Waals surface area contributed by atoms with Gasteiger partial charge in [0.15, 0.2) is 0 Å². The number of thiophene rings is 1. The van der Waals surface area contributed by atoms with E-state index in [2.05, 4.69) is 0 Å². The molecule has 1 aliphatic heterocycles. The van der Waals surface area contributed by atoms with E-state index in [4.69, 9.17) is 4.42 Å². The summed E-state index contributed by atoms with van der Waals surface area (Å²) in [6, 6.07) is 15.6. The molecule has 0 spiro atoms. The van der Waals surface area contributed by atoms with Gasteiger partial charge >= 0.3 is 18.9 Å². The molecule has 0 radical (unpaired) electrons. The summed E-state index contributed by atoms with van der Waals surface area (Å²) in [6.07, 6.45) is 0. The number of hydrogen-bond donors (Lipinski definition) is 0. The van der Waals surface area contributed by atoms with Crippen molar-refractivity contribution in [2.45, 2.75) is 0 Å². The van der Waals surface area contributed by atoms with E-state index in [1.807, 2.05) is 80.1 Å². The Morgan fingerprint density at radius 2 is 1.83 bits per heavy atom. The van der Waals surface area contributed by atoms with Crippen LogP contribution in [0.25, 0.3) is 32.7 Å². The van der Waals surface area contributed by atoms with Crippen molar-refractivity contribution in [1.82, 2.24) is 4.58 Å². The molecule has 2 aliphatic rings. The van der Waals surface area contributed by atoms with Crippen LogP contribution in [0.15, 0.2) is 52.9 Å². The van der Waals surface area contributed by atoms with Crippen LogP contribution in [-0.2, 0) is 0 Å². The zero-order valence-electron chi connectivity index (χ0n) is 17.1. The van der Waals surface area contributed by atoms with Gasteiger partial charge in [-0.3, -0.25) is 0 Å². The smallest absolute Gasteiger partial charge is 0.544 e. The van der Waals surface area contributed by atoms with Gasteiger partial charge in [0.25, 0.3) is 0 Å². The average molecular weight is 399 g/mol. The van der Waals surface area contributed by atoms with Crippen molar-refractivity contribution >= 4 is 34.0 Å². The van der Waals surface area contributed by atoms with Crippen molar-refractivity contribution in [3.05, 3.63) is 58.8 Å². The molecule has 1 aromatic carbocycles. The molecule has 5 nitrogen and oxygen atoms in total. The van der Waals surface area contributed by atoms with E-state index >= 15 is 0 Å². The second kappa shape index (κ2) is 8.08. The van der Waals surface area contributed by atoms with Crippen LogP contribution in [0.2, 0.25) is 0 Å². The maximum atomic E-state index is 11.3. The van der Waals surface area contributed by atoms with Crippen LogP contribution in [0.1, 0.15) is 9.67 Å². The molecule has 142 valence electrons. The Bertz CT molecular complexity index is 1250. The zero-order valence-corrected chi connectivity index (χ0v) is 18.0. The molecule has 0 saturated carbocycles. The van der Waals surface area contributed by atoms with Gasteiger partial charge in [-0.05, 0) is 30.3 Å². The van der Waals surface area contributed by atoms with Crippen LogP contribution in [0.5, 0.6) is 0 Å². The van der Waals surface area contributed by atoms with E-state index in [1.165, 1.54) is 11.3 Å². The minimum Gasteiger partial charge on any atom is -0.544 e. The summed E-state index contributed by atoms with van der Waals surface area (Å²) in [6.45, 7) is 0. The molecule has 0 N–H and O–H groups in total. The Kier molecular flexibility index (Phi) is 5.90. The van der Waals surface area contributed by atoms with Crippen molar-refractivity contribution in [3.63, 3.8) is 0 Å². The molecular formula is C22H20LiN2O3S+. The summed E-state index contributed by atoms with van der Waals surface area (Å²) >= 11 is 1.22. The van der Waals surface area contributed by atoms with Crippen LogP contribution < -0.4 is 38.8 Å². The summed E-state index contributed by atoms with van der Waals surface area (Å²) in [7, 11) is 7.94. The molecule has 0 saturated heterocycles. The Morgan fingerprint density at radius 3 is 2.45 bits per heavy atom. The molecule has 2 aromatic rings. The fraction of sp³-hybridized carbons (Fsp3) is 0.182. The first kappa shape index (κ1) is 21.2. The minimum absolute atomic E-state index is 0. The van der Waals surface area contributed by atoms with Crippen LogP contribution in [0.4, 0.5) is 5.69 Å². The predicted molar refractivity (Wildman–Crippen MR) is 112 cm³/mol. The largest absolute Gasteiger partial charge is 1.00 e. The van der Waals surface area contributed by atoms with Crippen molar-refractivity contribution in [2.75, 3.05) is 33.1 Å². The monoisotopic (exact) mass is 399 g/mol. The molecule has 0 unspecified atom stereocenters. The first-order chi connectivity index (χ1) is 13.3. The molecule has 7 heteroatoms. The van der Waals surface area contributed by atoms with Gasteiger partial charge in [0, 0.05) is 53.3 Å². The number of benzene rings is 2. The number of anilines is 1. The molecule has 0 atom stereocenters. The van der Waals surface area contributed by atoms with Crippen molar-refractivity contribution in [2.24, 2.45) is 0 Å². The van der Waals surface area contributed by atoms with Gasteiger partial charge in [0.05, 0.1) is 16.9 Å². The molecule has 29 heavy (non-hydrogen) atoms. The van der Waals surface area contributed by atoms with Crippen LogP contribution in [-0.4, -0.2) is 34.2 Å². The van der Waals surface area contributed by atoms with Crippen LogP contribution >= 0.6 is 11.3 Å². The van der Waals surface area contributed by atoms with Gasteiger partial charge in [-0.15, -0.1) is 11.3 Å². The molecule has 2 heterocycles. The number of carbonyl (C=O) groups is 1. The van der Waals surface area contributed by atoms with Crippen LogP contribution in [0, 0.1) is 0 Å².